The summed E-state index contributed by atoms with van der Waals surface area (Å²) in [5.41, 5.74) is 0.778. The molecule has 5 heteroatoms. The van der Waals surface area contributed by atoms with E-state index in [1.54, 1.807) is 6.20 Å². The van der Waals surface area contributed by atoms with Crippen LogP contribution in [0, 0.1) is 0 Å². The van der Waals surface area contributed by atoms with Gasteiger partial charge in [-0.25, -0.2) is 4.98 Å². The highest BCUT2D eigenvalue weighted by atomic mass is 16.1. The van der Waals surface area contributed by atoms with Gasteiger partial charge < -0.3 is 15.5 Å². The summed E-state index contributed by atoms with van der Waals surface area (Å²) < 4.78 is 0. The zero-order valence-electron chi connectivity index (χ0n) is 13.1. The minimum Gasteiger partial charge on any atom is -0.357 e. The van der Waals surface area contributed by atoms with Gasteiger partial charge in [0.15, 0.2) is 0 Å². The Bertz CT molecular complexity index is 438. The van der Waals surface area contributed by atoms with Crippen LogP contribution < -0.4 is 15.5 Å². The monoisotopic (exact) mass is 290 g/mol. The topological polar surface area (TPSA) is 57.3 Å². The van der Waals surface area contributed by atoms with E-state index >= 15 is 0 Å². The van der Waals surface area contributed by atoms with Gasteiger partial charge >= 0.3 is 0 Å². The van der Waals surface area contributed by atoms with Crippen LogP contribution in [0.4, 0.5) is 11.5 Å². The number of rotatable bonds is 7. The first-order valence-electron chi connectivity index (χ1n) is 7.89. The Hall–Kier alpha value is -1.62. The summed E-state index contributed by atoms with van der Waals surface area (Å²) in [6.07, 6.45) is 5.62. The summed E-state index contributed by atoms with van der Waals surface area (Å²) in [6, 6.07) is 4.39. The van der Waals surface area contributed by atoms with Gasteiger partial charge in [-0.05, 0) is 37.9 Å². The van der Waals surface area contributed by atoms with Crippen LogP contribution in [0.1, 0.15) is 39.5 Å². The van der Waals surface area contributed by atoms with Gasteiger partial charge in [0.1, 0.15) is 5.82 Å². The number of nitrogens with one attached hydrogen (secondary N) is 2. The molecule has 0 atom stereocenters. The van der Waals surface area contributed by atoms with Crippen LogP contribution in [-0.4, -0.2) is 36.6 Å². The van der Waals surface area contributed by atoms with Crippen LogP contribution in [0.15, 0.2) is 18.3 Å². The highest BCUT2D eigenvalue weighted by molar-refractivity contribution is 5.90. The van der Waals surface area contributed by atoms with Crippen molar-refractivity contribution in [1.82, 2.24) is 10.3 Å². The SMILES string of the molecule is CC(C)NCCCC(=O)Nc1ccc(N2CCCC2)nc1. The lowest BCUT2D eigenvalue weighted by atomic mass is 10.2. The van der Waals surface area contributed by atoms with Gasteiger partial charge in [-0.2, -0.15) is 0 Å². The molecular formula is C16H26N4O. The molecule has 1 fully saturated rings. The maximum absolute atomic E-state index is 11.8. The number of carbonyl (C=O) groups is 1. The van der Waals surface area contributed by atoms with E-state index in [4.69, 9.17) is 0 Å². The highest BCUT2D eigenvalue weighted by Crippen LogP contribution is 2.19. The Morgan fingerprint density at radius 3 is 2.71 bits per heavy atom. The molecule has 0 unspecified atom stereocenters. The molecule has 2 N–H and O–H groups in total. The van der Waals surface area contributed by atoms with E-state index in [-0.39, 0.29) is 5.91 Å². The molecule has 1 amide bonds. The number of amides is 1. The van der Waals surface area contributed by atoms with E-state index < -0.39 is 0 Å². The third kappa shape index (κ3) is 5.34. The summed E-state index contributed by atoms with van der Waals surface area (Å²) in [5.74, 6) is 1.06. The Balaban J connectivity index is 1.73. The Labute approximate surface area is 127 Å². The van der Waals surface area contributed by atoms with E-state index in [1.807, 2.05) is 12.1 Å². The second-order valence-electron chi connectivity index (χ2n) is 5.86. The number of aromatic nitrogens is 1. The van der Waals surface area contributed by atoms with E-state index in [2.05, 4.69) is 34.4 Å². The smallest absolute Gasteiger partial charge is 0.224 e. The number of pyridine rings is 1. The molecule has 0 saturated carbocycles. The number of anilines is 2. The second-order valence-corrected chi connectivity index (χ2v) is 5.86. The summed E-state index contributed by atoms with van der Waals surface area (Å²) in [6.45, 7) is 7.25. The zero-order chi connectivity index (χ0) is 15.1. The number of hydrogen-bond acceptors (Lipinski definition) is 4. The molecule has 1 aromatic rings. The molecule has 5 nitrogen and oxygen atoms in total. The van der Waals surface area contributed by atoms with Gasteiger partial charge in [0.05, 0.1) is 11.9 Å². The fourth-order valence-electron chi connectivity index (χ4n) is 2.46. The van der Waals surface area contributed by atoms with Gasteiger partial charge in [0, 0.05) is 25.6 Å². The molecule has 0 radical (unpaired) electrons. The van der Waals surface area contributed by atoms with Crippen molar-refractivity contribution in [3.05, 3.63) is 18.3 Å². The molecule has 0 aliphatic carbocycles. The van der Waals surface area contributed by atoms with Crippen LogP contribution in [0.5, 0.6) is 0 Å². The lowest BCUT2D eigenvalue weighted by Gasteiger charge is -2.16. The van der Waals surface area contributed by atoms with Crippen LogP contribution in [0.25, 0.3) is 0 Å². The van der Waals surface area contributed by atoms with Crippen LogP contribution in [0.3, 0.4) is 0 Å². The maximum Gasteiger partial charge on any atom is 0.224 e. The van der Waals surface area contributed by atoms with Crippen molar-refractivity contribution in [1.29, 1.82) is 0 Å². The highest BCUT2D eigenvalue weighted by Gasteiger charge is 2.13. The fourth-order valence-corrected chi connectivity index (χ4v) is 2.46. The molecule has 0 aromatic carbocycles. The standard InChI is InChI=1S/C16H26N4O/c1-13(2)17-9-5-6-16(21)19-14-7-8-15(18-12-14)20-10-3-4-11-20/h7-8,12-13,17H,3-6,9-11H2,1-2H3,(H,19,21). The molecule has 0 spiro atoms. The number of carbonyl (C=O) groups excluding carboxylic acids is 1. The van der Waals surface area contributed by atoms with Gasteiger partial charge in [-0.15, -0.1) is 0 Å². The van der Waals surface area contributed by atoms with Gasteiger partial charge in [0.25, 0.3) is 0 Å². The van der Waals surface area contributed by atoms with Gasteiger partial charge in [-0.3, -0.25) is 4.79 Å². The van der Waals surface area contributed by atoms with Crippen molar-refractivity contribution in [2.45, 2.75) is 45.6 Å². The van der Waals surface area contributed by atoms with Crippen LogP contribution in [0.2, 0.25) is 0 Å². The average molecular weight is 290 g/mol. The largest absolute Gasteiger partial charge is 0.357 e. The van der Waals surface area contributed by atoms with Crippen molar-refractivity contribution >= 4 is 17.4 Å². The molecule has 2 rings (SSSR count). The van der Waals surface area contributed by atoms with Crippen molar-refractivity contribution in [3.8, 4) is 0 Å². The summed E-state index contributed by atoms with van der Waals surface area (Å²) in [5, 5.41) is 6.21. The summed E-state index contributed by atoms with van der Waals surface area (Å²) >= 11 is 0. The van der Waals surface area contributed by atoms with Crippen molar-refractivity contribution in [3.63, 3.8) is 0 Å². The fraction of sp³-hybridized carbons (Fsp3) is 0.625. The Morgan fingerprint density at radius 1 is 1.33 bits per heavy atom. The van der Waals surface area contributed by atoms with E-state index in [0.717, 1.165) is 37.6 Å². The summed E-state index contributed by atoms with van der Waals surface area (Å²) in [7, 11) is 0. The minimum absolute atomic E-state index is 0.0521. The molecule has 1 aliphatic rings. The first-order valence-corrected chi connectivity index (χ1v) is 7.89. The van der Waals surface area contributed by atoms with Crippen LogP contribution >= 0.6 is 0 Å². The first-order chi connectivity index (χ1) is 10.1. The van der Waals surface area contributed by atoms with E-state index in [0.29, 0.717) is 12.5 Å². The normalized spacial score (nSPS) is 14.7. The van der Waals surface area contributed by atoms with Crippen molar-refractivity contribution in [2.24, 2.45) is 0 Å². The van der Waals surface area contributed by atoms with Crippen LogP contribution in [-0.2, 0) is 4.79 Å². The molecule has 1 saturated heterocycles. The molecule has 21 heavy (non-hydrogen) atoms. The maximum atomic E-state index is 11.8. The Morgan fingerprint density at radius 2 is 2.10 bits per heavy atom. The molecule has 1 aliphatic heterocycles. The number of hydrogen-bond donors (Lipinski definition) is 2. The molecule has 1 aromatic heterocycles. The van der Waals surface area contributed by atoms with E-state index in [1.165, 1.54) is 12.8 Å². The predicted octanol–water partition coefficient (Wildman–Crippen LogP) is 2.40. The average Bonchev–Trinajstić information content (AvgIpc) is 2.98. The number of nitrogens with zero attached hydrogens (tertiary/aromatic N) is 2. The molecule has 2 heterocycles. The minimum atomic E-state index is 0.0521. The zero-order valence-corrected chi connectivity index (χ0v) is 13.1. The lowest BCUT2D eigenvalue weighted by Crippen LogP contribution is -2.24. The van der Waals surface area contributed by atoms with Crippen molar-refractivity contribution in [2.75, 3.05) is 29.9 Å². The molecule has 0 bridgehead atoms. The molecular weight excluding hydrogens is 264 g/mol. The van der Waals surface area contributed by atoms with Gasteiger partial charge in [0.2, 0.25) is 5.91 Å². The van der Waals surface area contributed by atoms with E-state index in [9.17, 15) is 4.79 Å². The molecule has 116 valence electrons. The third-order valence-corrected chi connectivity index (χ3v) is 3.59. The van der Waals surface area contributed by atoms with Crippen molar-refractivity contribution < 1.29 is 4.79 Å². The second kappa shape index (κ2) is 7.98. The third-order valence-electron chi connectivity index (χ3n) is 3.59. The predicted molar refractivity (Wildman–Crippen MR) is 86.7 cm³/mol. The van der Waals surface area contributed by atoms with Gasteiger partial charge in [-0.1, -0.05) is 13.8 Å². The Kier molecular flexibility index (Phi) is 5.99. The first kappa shape index (κ1) is 15.8. The summed E-state index contributed by atoms with van der Waals surface area (Å²) in [4.78, 5) is 18.5. The quantitative estimate of drug-likeness (QED) is 0.757. The lowest BCUT2D eigenvalue weighted by molar-refractivity contribution is -0.116.